The molecule has 9 heteroatoms. The number of hydrogen-bond acceptors (Lipinski definition) is 5. The molecule has 9 nitrogen and oxygen atoms in total. The number of anilines is 1. The van der Waals surface area contributed by atoms with Gasteiger partial charge in [0.1, 0.15) is 0 Å². The van der Waals surface area contributed by atoms with Gasteiger partial charge in [0.15, 0.2) is 5.69 Å². The monoisotopic (exact) mass is 290 g/mol. The highest BCUT2D eigenvalue weighted by Gasteiger charge is 2.15. The Bertz CT molecular complexity index is 692. The van der Waals surface area contributed by atoms with Crippen LogP contribution in [0.3, 0.4) is 0 Å². The molecule has 0 spiro atoms. The topological polar surface area (TPSA) is 138 Å². The second-order valence-corrected chi connectivity index (χ2v) is 4.08. The summed E-state index contributed by atoms with van der Waals surface area (Å²) < 4.78 is 0. The summed E-state index contributed by atoms with van der Waals surface area (Å²) in [6, 6.07) is 5.45. The number of nitrogens with one attached hydrogen (secondary N) is 2. The summed E-state index contributed by atoms with van der Waals surface area (Å²) in [4.78, 5) is 38.4. The van der Waals surface area contributed by atoms with Crippen molar-refractivity contribution in [2.24, 2.45) is 0 Å². The van der Waals surface area contributed by atoms with Gasteiger partial charge in [-0.1, -0.05) is 0 Å². The number of pyridine rings is 1. The molecule has 0 aliphatic carbocycles. The SMILES string of the molecule is O=C(O)Cc1ccc(NC(=O)c2ccc([N+](=O)[O-])[nH]2)cn1. The summed E-state index contributed by atoms with van der Waals surface area (Å²) in [7, 11) is 0. The fourth-order valence-electron chi connectivity index (χ4n) is 1.58. The van der Waals surface area contributed by atoms with Gasteiger partial charge in [0, 0.05) is 6.07 Å². The summed E-state index contributed by atoms with van der Waals surface area (Å²) >= 11 is 0. The van der Waals surface area contributed by atoms with Crippen LogP contribution in [0.25, 0.3) is 0 Å². The highest BCUT2D eigenvalue weighted by molar-refractivity contribution is 6.03. The molecule has 0 radical (unpaired) electrons. The summed E-state index contributed by atoms with van der Waals surface area (Å²) in [5.41, 5.74) is 0.749. The number of aliphatic carboxylic acids is 1. The molecule has 0 unspecified atom stereocenters. The van der Waals surface area contributed by atoms with E-state index in [1.807, 2.05) is 0 Å². The molecule has 2 rings (SSSR count). The van der Waals surface area contributed by atoms with Crippen molar-refractivity contribution in [3.05, 3.63) is 52.0 Å². The van der Waals surface area contributed by atoms with Gasteiger partial charge in [0.05, 0.1) is 24.0 Å². The Kier molecular flexibility index (Phi) is 3.93. The van der Waals surface area contributed by atoms with E-state index in [0.29, 0.717) is 11.4 Å². The van der Waals surface area contributed by atoms with Gasteiger partial charge in [-0.25, -0.2) is 4.98 Å². The zero-order valence-electron chi connectivity index (χ0n) is 10.6. The van der Waals surface area contributed by atoms with Gasteiger partial charge in [-0.2, -0.15) is 0 Å². The minimum absolute atomic E-state index is 0.0383. The number of carboxylic acid groups (broad SMARTS) is 1. The minimum atomic E-state index is -1.00. The lowest BCUT2D eigenvalue weighted by molar-refractivity contribution is -0.389. The van der Waals surface area contributed by atoms with E-state index in [0.717, 1.165) is 0 Å². The largest absolute Gasteiger partial charge is 0.481 e. The van der Waals surface area contributed by atoms with E-state index in [4.69, 9.17) is 5.11 Å². The van der Waals surface area contributed by atoms with Crippen LogP contribution >= 0.6 is 0 Å². The second-order valence-electron chi connectivity index (χ2n) is 4.08. The van der Waals surface area contributed by atoms with Gasteiger partial charge in [-0.15, -0.1) is 0 Å². The van der Waals surface area contributed by atoms with Gasteiger partial charge in [0.2, 0.25) is 0 Å². The molecule has 0 aliphatic rings. The Morgan fingerprint density at radius 1 is 1.33 bits per heavy atom. The van der Waals surface area contributed by atoms with Crippen molar-refractivity contribution >= 4 is 23.4 Å². The fourth-order valence-corrected chi connectivity index (χ4v) is 1.58. The molecule has 3 N–H and O–H groups in total. The molecule has 0 bridgehead atoms. The summed E-state index contributed by atoms with van der Waals surface area (Å²) in [5, 5.41) is 21.6. The Morgan fingerprint density at radius 2 is 2.10 bits per heavy atom. The van der Waals surface area contributed by atoms with Gasteiger partial charge in [0.25, 0.3) is 5.91 Å². The Balaban J connectivity index is 2.04. The van der Waals surface area contributed by atoms with Crippen LogP contribution in [0.15, 0.2) is 30.5 Å². The van der Waals surface area contributed by atoms with Crippen LogP contribution in [0.1, 0.15) is 16.2 Å². The molecule has 0 saturated carbocycles. The van der Waals surface area contributed by atoms with Gasteiger partial charge in [-0.3, -0.25) is 14.6 Å². The van der Waals surface area contributed by atoms with E-state index in [1.54, 1.807) is 0 Å². The van der Waals surface area contributed by atoms with E-state index in [9.17, 15) is 19.7 Å². The lowest BCUT2D eigenvalue weighted by Gasteiger charge is -2.03. The Hall–Kier alpha value is -3.23. The lowest BCUT2D eigenvalue weighted by atomic mass is 10.2. The van der Waals surface area contributed by atoms with Crippen molar-refractivity contribution < 1.29 is 19.6 Å². The van der Waals surface area contributed by atoms with Crippen molar-refractivity contribution in [1.82, 2.24) is 9.97 Å². The minimum Gasteiger partial charge on any atom is -0.481 e. The predicted octanol–water partition coefficient (Wildman–Crippen LogP) is 1.20. The zero-order chi connectivity index (χ0) is 15.4. The molecule has 2 aromatic rings. The summed E-state index contributed by atoms with van der Waals surface area (Å²) in [6.07, 6.45) is 1.10. The maximum Gasteiger partial charge on any atom is 0.321 e. The molecular weight excluding hydrogens is 280 g/mol. The number of rotatable bonds is 5. The number of aromatic nitrogens is 2. The van der Waals surface area contributed by atoms with Crippen LogP contribution in [0.5, 0.6) is 0 Å². The Labute approximate surface area is 117 Å². The highest BCUT2D eigenvalue weighted by atomic mass is 16.6. The molecule has 0 aliphatic heterocycles. The first-order valence-corrected chi connectivity index (χ1v) is 5.77. The summed E-state index contributed by atoms with van der Waals surface area (Å²) in [5.74, 6) is -1.84. The number of H-pyrrole nitrogens is 1. The molecule has 0 aromatic carbocycles. The molecule has 0 fully saturated rings. The van der Waals surface area contributed by atoms with Crippen molar-refractivity contribution in [3.63, 3.8) is 0 Å². The van der Waals surface area contributed by atoms with Crippen molar-refractivity contribution in [1.29, 1.82) is 0 Å². The average Bonchev–Trinajstić information content (AvgIpc) is 2.90. The molecular formula is C12H10N4O5. The first-order chi connectivity index (χ1) is 9.95. The number of amides is 1. The molecule has 2 heterocycles. The fraction of sp³-hybridized carbons (Fsp3) is 0.0833. The number of carbonyl (C=O) groups excluding carboxylic acids is 1. The van der Waals surface area contributed by atoms with E-state index >= 15 is 0 Å². The Morgan fingerprint density at radius 3 is 2.62 bits per heavy atom. The van der Waals surface area contributed by atoms with Gasteiger partial charge in [-0.05, 0) is 23.1 Å². The maximum atomic E-state index is 11.8. The van der Waals surface area contributed by atoms with Crippen LogP contribution in [0.2, 0.25) is 0 Å². The van der Waals surface area contributed by atoms with E-state index in [1.165, 1.54) is 30.5 Å². The standard InChI is InChI=1S/C12H10N4O5/c17-11(18)5-7-1-2-8(6-13-7)14-12(19)9-3-4-10(15-9)16(20)21/h1-4,6,15H,5H2,(H,14,19)(H,17,18). The van der Waals surface area contributed by atoms with Crippen LogP contribution < -0.4 is 5.32 Å². The third-order valence-electron chi connectivity index (χ3n) is 2.53. The van der Waals surface area contributed by atoms with Crippen LogP contribution in [-0.4, -0.2) is 31.9 Å². The summed E-state index contributed by atoms with van der Waals surface area (Å²) in [6.45, 7) is 0. The van der Waals surface area contributed by atoms with Crippen molar-refractivity contribution in [2.75, 3.05) is 5.32 Å². The van der Waals surface area contributed by atoms with Crippen LogP contribution in [0, 0.1) is 10.1 Å². The van der Waals surface area contributed by atoms with E-state index in [-0.39, 0.29) is 17.9 Å². The zero-order valence-corrected chi connectivity index (χ0v) is 10.6. The molecule has 0 saturated heterocycles. The number of nitrogens with zero attached hydrogens (tertiary/aromatic N) is 2. The molecule has 1 amide bonds. The third-order valence-corrected chi connectivity index (χ3v) is 2.53. The number of nitro groups is 1. The second kappa shape index (κ2) is 5.82. The number of aromatic amines is 1. The third kappa shape index (κ3) is 3.62. The molecule has 0 atom stereocenters. The van der Waals surface area contributed by atoms with E-state index in [2.05, 4.69) is 15.3 Å². The lowest BCUT2D eigenvalue weighted by Crippen LogP contribution is -2.13. The smallest absolute Gasteiger partial charge is 0.321 e. The van der Waals surface area contributed by atoms with Crippen molar-refractivity contribution in [2.45, 2.75) is 6.42 Å². The van der Waals surface area contributed by atoms with Crippen LogP contribution in [-0.2, 0) is 11.2 Å². The van der Waals surface area contributed by atoms with Crippen molar-refractivity contribution in [3.8, 4) is 0 Å². The number of carboxylic acids is 1. The number of hydrogen-bond donors (Lipinski definition) is 3. The van der Waals surface area contributed by atoms with Gasteiger partial charge < -0.3 is 20.5 Å². The predicted molar refractivity (Wildman–Crippen MR) is 71.0 cm³/mol. The molecule has 108 valence electrons. The number of carbonyl (C=O) groups is 2. The van der Waals surface area contributed by atoms with Gasteiger partial charge >= 0.3 is 11.8 Å². The molecule has 2 aromatic heterocycles. The van der Waals surface area contributed by atoms with Crippen LogP contribution in [0.4, 0.5) is 11.5 Å². The van der Waals surface area contributed by atoms with E-state index < -0.39 is 16.8 Å². The molecule has 21 heavy (non-hydrogen) atoms. The first-order valence-electron chi connectivity index (χ1n) is 5.77. The quantitative estimate of drug-likeness (QED) is 0.558. The first kappa shape index (κ1) is 14.2. The average molecular weight is 290 g/mol. The highest BCUT2D eigenvalue weighted by Crippen LogP contribution is 2.13. The normalized spacial score (nSPS) is 10.1. The maximum absolute atomic E-state index is 11.8.